The second-order valence-corrected chi connectivity index (χ2v) is 4.90. The zero-order valence-corrected chi connectivity index (χ0v) is 11.7. The Morgan fingerprint density at radius 2 is 1.68 bits per heavy atom. The van der Waals surface area contributed by atoms with Gasteiger partial charge in [0.25, 0.3) is 0 Å². The molecule has 100 valence electrons. The van der Waals surface area contributed by atoms with Crippen molar-refractivity contribution < 1.29 is 4.79 Å². The molecule has 1 amide bonds. The normalized spacial score (nSPS) is 12.2. The molecule has 0 radical (unpaired) electrons. The fraction of sp³-hybridized carbons (Fsp3) is 0.312. The Morgan fingerprint density at radius 3 is 2.26 bits per heavy atom. The summed E-state index contributed by atoms with van der Waals surface area (Å²) >= 11 is 0. The van der Waals surface area contributed by atoms with Gasteiger partial charge in [0.2, 0.25) is 5.91 Å². The van der Waals surface area contributed by atoms with Crippen LogP contribution in [0.5, 0.6) is 0 Å². The summed E-state index contributed by atoms with van der Waals surface area (Å²) in [7, 11) is 0. The number of amides is 1. The molecule has 0 saturated heterocycles. The lowest BCUT2D eigenvalue weighted by atomic mass is 10.1. The largest absolute Gasteiger partial charge is 0.348 e. The Labute approximate surface area is 114 Å². The number of aromatic nitrogens is 1. The maximum Gasteiger partial charge on any atom is 0.240 e. The third-order valence-electron chi connectivity index (χ3n) is 3.40. The number of nitrogens with one attached hydrogen (secondary N) is 1. The third kappa shape index (κ3) is 3.25. The highest BCUT2D eigenvalue weighted by Crippen LogP contribution is 2.12. The summed E-state index contributed by atoms with van der Waals surface area (Å²) in [4.78, 5) is 12.1. The van der Waals surface area contributed by atoms with E-state index in [4.69, 9.17) is 0 Å². The number of aryl methyl sites for hydroxylation is 2. The van der Waals surface area contributed by atoms with Gasteiger partial charge in [0.1, 0.15) is 6.54 Å². The molecule has 3 nitrogen and oxygen atoms in total. The number of benzene rings is 1. The van der Waals surface area contributed by atoms with E-state index >= 15 is 0 Å². The minimum absolute atomic E-state index is 0.0323. The van der Waals surface area contributed by atoms with Gasteiger partial charge in [0.05, 0.1) is 6.04 Å². The maximum absolute atomic E-state index is 12.1. The average Bonchev–Trinajstić information content (AvgIpc) is 2.71. The molecule has 0 fully saturated rings. The first-order valence-electron chi connectivity index (χ1n) is 6.55. The van der Waals surface area contributed by atoms with Crippen molar-refractivity contribution in [1.82, 2.24) is 9.88 Å². The molecule has 1 aromatic carbocycles. The smallest absolute Gasteiger partial charge is 0.240 e. The molecule has 1 heterocycles. The van der Waals surface area contributed by atoms with Crippen molar-refractivity contribution in [2.24, 2.45) is 0 Å². The van der Waals surface area contributed by atoms with E-state index in [2.05, 4.69) is 5.32 Å². The van der Waals surface area contributed by atoms with E-state index in [1.54, 1.807) is 0 Å². The molecule has 0 saturated carbocycles. The van der Waals surface area contributed by atoms with Crippen LogP contribution in [0.2, 0.25) is 0 Å². The van der Waals surface area contributed by atoms with Gasteiger partial charge in [0, 0.05) is 11.4 Å². The number of carbonyl (C=O) groups is 1. The first-order valence-corrected chi connectivity index (χ1v) is 6.55. The Kier molecular flexibility index (Phi) is 4.05. The molecule has 1 aromatic heterocycles. The molecular formula is C16H20N2O. The monoisotopic (exact) mass is 256 g/mol. The molecule has 2 aromatic rings. The van der Waals surface area contributed by atoms with Crippen molar-refractivity contribution in [1.29, 1.82) is 0 Å². The van der Waals surface area contributed by atoms with Crippen LogP contribution in [0.3, 0.4) is 0 Å². The van der Waals surface area contributed by atoms with E-state index in [-0.39, 0.29) is 11.9 Å². The van der Waals surface area contributed by atoms with Gasteiger partial charge in [-0.05, 0) is 38.5 Å². The first kappa shape index (κ1) is 13.4. The van der Waals surface area contributed by atoms with E-state index in [1.165, 1.54) is 0 Å². The summed E-state index contributed by atoms with van der Waals surface area (Å²) in [5.41, 5.74) is 3.34. The molecule has 3 heteroatoms. The van der Waals surface area contributed by atoms with Crippen molar-refractivity contribution in [2.75, 3.05) is 0 Å². The standard InChI is InChI=1S/C16H20N2O/c1-12-9-10-13(2)18(12)11-16(19)17-14(3)15-7-5-4-6-8-15/h4-10,14H,11H2,1-3H3,(H,17,19). The lowest BCUT2D eigenvalue weighted by Crippen LogP contribution is -2.30. The zero-order valence-electron chi connectivity index (χ0n) is 11.7. The van der Waals surface area contributed by atoms with Gasteiger partial charge < -0.3 is 9.88 Å². The van der Waals surface area contributed by atoms with Gasteiger partial charge in [-0.1, -0.05) is 30.3 Å². The van der Waals surface area contributed by atoms with Crippen LogP contribution in [0, 0.1) is 13.8 Å². The van der Waals surface area contributed by atoms with E-state index in [1.807, 2.05) is 67.8 Å². The molecule has 2 rings (SSSR count). The Hall–Kier alpha value is -2.03. The molecule has 0 aliphatic rings. The summed E-state index contributed by atoms with van der Waals surface area (Å²) in [6.07, 6.45) is 0. The number of nitrogens with zero attached hydrogens (tertiary/aromatic N) is 1. The predicted molar refractivity (Wildman–Crippen MR) is 76.9 cm³/mol. The summed E-state index contributed by atoms with van der Waals surface area (Å²) in [5, 5.41) is 3.03. The van der Waals surface area contributed by atoms with Crippen molar-refractivity contribution in [2.45, 2.75) is 33.4 Å². The van der Waals surface area contributed by atoms with Gasteiger partial charge >= 0.3 is 0 Å². The van der Waals surface area contributed by atoms with Crippen molar-refractivity contribution in [3.05, 3.63) is 59.4 Å². The molecule has 1 N–H and O–H groups in total. The number of rotatable bonds is 4. The molecule has 0 bridgehead atoms. The predicted octanol–water partition coefficient (Wildman–Crippen LogP) is 2.98. The SMILES string of the molecule is Cc1ccc(C)n1CC(=O)NC(C)c1ccccc1. The fourth-order valence-corrected chi connectivity index (χ4v) is 2.20. The van der Waals surface area contributed by atoms with Crippen molar-refractivity contribution in [3.63, 3.8) is 0 Å². The van der Waals surface area contributed by atoms with Crippen molar-refractivity contribution in [3.8, 4) is 0 Å². The summed E-state index contributed by atoms with van der Waals surface area (Å²) in [5.74, 6) is 0.0405. The molecule has 0 aliphatic heterocycles. The highest BCUT2D eigenvalue weighted by atomic mass is 16.2. The van der Waals surface area contributed by atoms with Crippen LogP contribution >= 0.6 is 0 Å². The fourth-order valence-electron chi connectivity index (χ4n) is 2.20. The molecule has 1 unspecified atom stereocenters. The highest BCUT2D eigenvalue weighted by Gasteiger charge is 2.11. The summed E-state index contributed by atoms with van der Waals surface area (Å²) < 4.78 is 2.02. The lowest BCUT2D eigenvalue weighted by Gasteiger charge is -2.16. The van der Waals surface area contributed by atoms with E-state index in [0.717, 1.165) is 17.0 Å². The lowest BCUT2D eigenvalue weighted by molar-refractivity contribution is -0.122. The number of hydrogen-bond donors (Lipinski definition) is 1. The Bertz CT molecular complexity index is 538. The van der Waals surface area contributed by atoms with E-state index in [9.17, 15) is 4.79 Å². The van der Waals surface area contributed by atoms with Crippen LogP contribution in [-0.4, -0.2) is 10.5 Å². The van der Waals surface area contributed by atoms with Crippen LogP contribution in [0.4, 0.5) is 0 Å². The Balaban J connectivity index is 1.99. The van der Waals surface area contributed by atoms with Crippen LogP contribution in [0.15, 0.2) is 42.5 Å². The quantitative estimate of drug-likeness (QED) is 0.896. The first-order chi connectivity index (χ1) is 9.08. The minimum atomic E-state index is 0.0323. The van der Waals surface area contributed by atoms with Crippen LogP contribution < -0.4 is 5.32 Å². The second kappa shape index (κ2) is 5.74. The van der Waals surface area contributed by atoms with E-state index in [0.29, 0.717) is 6.54 Å². The number of hydrogen-bond acceptors (Lipinski definition) is 1. The zero-order chi connectivity index (χ0) is 13.8. The van der Waals surface area contributed by atoms with Gasteiger partial charge in [-0.25, -0.2) is 0 Å². The third-order valence-corrected chi connectivity index (χ3v) is 3.40. The second-order valence-electron chi connectivity index (χ2n) is 4.90. The van der Waals surface area contributed by atoms with Gasteiger partial charge in [-0.3, -0.25) is 4.79 Å². The van der Waals surface area contributed by atoms with Crippen LogP contribution in [0.25, 0.3) is 0 Å². The minimum Gasteiger partial charge on any atom is -0.348 e. The van der Waals surface area contributed by atoms with Gasteiger partial charge in [-0.2, -0.15) is 0 Å². The van der Waals surface area contributed by atoms with Crippen LogP contribution in [-0.2, 0) is 11.3 Å². The van der Waals surface area contributed by atoms with E-state index < -0.39 is 0 Å². The average molecular weight is 256 g/mol. The molecule has 1 atom stereocenters. The molecular weight excluding hydrogens is 236 g/mol. The molecule has 19 heavy (non-hydrogen) atoms. The Morgan fingerprint density at radius 1 is 1.11 bits per heavy atom. The summed E-state index contributed by atoms with van der Waals surface area (Å²) in [6, 6.07) is 14.1. The van der Waals surface area contributed by atoms with Crippen LogP contribution in [0.1, 0.15) is 29.9 Å². The molecule has 0 spiro atoms. The number of carbonyl (C=O) groups excluding carboxylic acids is 1. The molecule has 0 aliphatic carbocycles. The van der Waals surface area contributed by atoms with Gasteiger partial charge in [0.15, 0.2) is 0 Å². The maximum atomic E-state index is 12.1. The highest BCUT2D eigenvalue weighted by molar-refractivity contribution is 5.76. The van der Waals surface area contributed by atoms with Gasteiger partial charge in [-0.15, -0.1) is 0 Å². The summed E-state index contributed by atoms with van der Waals surface area (Å²) in [6.45, 7) is 6.41. The van der Waals surface area contributed by atoms with Crippen molar-refractivity contribution >= 4 is 5.91 Å². The topological polar surface area (TPSA) is 34.0 Å².